The lowest BCUT2D eigenvalue weighted by atomic mass is 9.87. The van der Waals surface area contributed by atoms with Crippen LogP contribution < -0.4 is 0 Å². The first-order valence-corrected chi connectivity index (χ1v) is 7.05. The third-order valence-corrected chi connectivity index (χ3v) is 4.53. The molecule has 4 atom stereocenters. The molecule has 108 valence electrons. The van der Waals surface area contributed by atoms with Crippen molar-refractivity contribution in [2.24, 2.45) is 5.92 Å². The number of aromatic nitrogens is 4. The van der Waals surface area contributed by atoms with Crippen LogP contribution in [-0.4, -0.2) is 36.3 Å². The van der Waals surface area contributed by atoms with Crippen molar-refractivity contribution in [2.45, 2.75) is 45.1 Å². The number of hydrogen-bond acceptors (Lipinski definition) is 5. The Morgan fingerprint density at radius 2 is 2.20 bits per heavy atom. The topological polar surface area (TPSA) is 73.1 Å². The van der Waals surface area contributed by atoms with Gasteiger partial charge >= 0.3 is 0 Å². The second-order valence-electron chi connectivity index (χ2n) is 5.44. The van der Waals surface area contributed by atoms with Gasteiger partial charge in [0, 0.05) is 5.92 Å². The van der Waals surface area contributed by atoms with Crippen molar-refractivity contribution in [3.05, 3.63) is 17.8 Å². The number of hydrogen-bond donors (Lipinski definition) is 1. The van der Waals surface area contributed by atoms with Crippen molar-refractivity contribution in [1.29, 1.82) is 0 Å². The van der Waals surface area contributed by atoms with Gasteiger partial charge in [0.1, 0.15) is 17.4 Å². The number of imidazole rings is 1. The number of fused-ring (bicyclic) bond motifs is 1. The fourth-order valence-electron chi connectivity index (χ4n) is 2.81. The summed E-state index contributed by atoms with van der Waals surface area (Å²) in [6.07, 6.45) is 3.29. The summed E-state index contributed by atoms with van der Waals surface area (Å²) < 4.78 is 7.73. The van der Waals surface area contributed by atoms with Gasteiger partial charge in [-0.25, -0.2) is 15.0 Å². The third-order valence-electron chi connectivity index (χ3n) is 4.25. The molecular weight excluding hydrogens is 280 g/mol. The summed E-state index contributed by atoms with van der Waals surface area (Å²) in [4.78, 5) is 12.3. The molecule has 3 rings (SSSR count). The van der Waals surface area contributed by atoms with E-state index in [1.54, 1.807) is 17.8 Å². The molecule has 1 saturated heterocycles. The molecule has 7 heteroatoms. The van der Waals surface area contributed by atoms with E-state index in [1.807, 2.05) is 13.8 Å². The highest BCUT2D eigenvalue weighted by atomic mass is 35.5. The van der Waals surface area contributed by atoms with Crippen molar-refractivity contribution in [3.63, 3.8) is 0 Å². The van der Waals surface area contributed by atoms with E-state index in [1.165, 1.54) is 6.33 Å². The van der Waals surface area contributed by atoms with Crippen LogP contribution in [0.2, 0.25) is 5.15 Å². The molecule has 0 saturated carbocycles. The van der Waals surface area contributed by atoms with Gasteiger partial charge < -0.3 is 9.84 Å². The molecule has 0 aromatic carbocycles. The molecular formula is C13H17ClN4O2. The van der Waals surface area contributed by atoms with Gasteiger partial charge in [-0.15, -0.1) is 0 Å². The van der Waals surface area contributed by atoms with Crippen LogP contribution in [0.3, 0.4) is 0 Å². The second kappa shape index (κ2) is 4.65. The van der Waals surface area contributed by atoms with Crippen LogP contribution in [-0.2, 0) is 4.74 Å². The molecule has 1 aliphatic rings. The number of ether oxygens (including phenoxy) is 1. The third kappa shape index (κ3) is 1.82. The highest BCUT2D eigenvalue weighted by Gasteiger charge is 2.50. The summed E-state index contributed by atoms with van der Waals surface area (Å²) in [7, 11) is 0. The minimum atomic E-state index is -0.994. The zero-order chi connectivity index (χ0) is 14.5. The van der Waals surface area contributed by atoms with Gasteiger partial charge in [0.15, 0.2) is 17.0 Å². The second-order valence-corrected chi connectivity index (χ2v) is 5.80. The fraction of sp³-hybridized carbons (Fsp3) is 0.615. The quantitative estimate of drug-likeness (QED) is 0.860. The minimum Gasteiger partial charge on any atom is -0.385 e. The van der Waals surface area contributed by atoms with E-state index in [2.05, 4.69) is 15.0 Å². The highest BCUT2D eigenvalue weighted by molar-refractivity contribution is 6.33. The predicted octanol–water partition coefficient (Wildman–Crippen LogP) is 2.17. The largest absolute Gasteiger partial charge is 0.385 e. The van der Waals surface area contributed by atoms with Crippen LogP contribution in [0.15, 0.2) is 12.7 Å². The normalized spacial score (nSPS) is 34.0. The molecule has 0 bridgehead atoms. The number of halogens is 1. The Balaban J connectivity index is 2.10. The monoisotopic (exact) mass is 296 g/mol. The van der Waals surface area contributed by atoms with Crippen LogP contribution >= 0.6 is 11.6 Å². The van der Waals surface area contributed by atoms with Gasteiger partial charge in [0.2, 0.25) is 0 Å². The van der Waals surface area contributed by atoms with Crippen LogP contribution in [0.25, 0.3) is 11.2 Å². The van der Waals surface area contributed by atoms with E-state index < -0.39 is 11.8 Å². The van der Waals surface area contributed by atoms with Gasteiger partial charge in [-0.3, -0.25) is 4.57 Å². The van der Waals surface area contributed by atoms with E-state index in [0.29, 0.717) is 16.3 Å². The zero-order valence-corrected chi connectivity index (χ0v) is 12.4. The van der Waals surface area contributed by atoms with Crippen LogP contribution in [0.1, 0.15) is 33.4 Å². The number of rotatable bonds is 2. The molecule has 1 unspecified atom stereocenters. The molecule has 1 fully saturated rings. The summed E-state index contributed by atoms with van der Waals surface area (Å²) >= 11 is 6.00. The first-order valence-electron chi connectivity index (χ1n) is 6.67. The lowest BCUT2D eigenvalue weighted by Crippen LogP contribution is -2.37. The molecule has 3 heterocycles. The maximum atomic E-state index is 10.8. The van der Waals surface area contributed by atoms with Crippen LogP contribution in [0, 0.1) is 5.92 Å². The molecule has 1 aliphatic heterocycles. The van der Waals surface area contributed by atoms with Gasteiger partial charge in [-0.1, -0.05) is 25.4 Å². The van der Waals surface area contributed by atoms with Crippen molar-refractivity contribution >= 4 is 22.8 Å². The minimum absolute atomic E-state index is 0.00441. The molecule has 0 aliphatic carbocycles. The molecule has 6 nitrogen and oxygen atoms in total. The van der Waals surface area contributed by atoms with E-state index in [9.17, 15) is 5.11 Å². The molecule has 1 N–H and O–H groups in total. The molecule has 0 spiro atoms. The van der Waals surface area contributed by atoms with Crippen molar-refractivity contribution < 1.29 is 9.84 Å². The standard InChI is InChI=1S/C13H17ClN4O2/c1-4-8-7(2)13(3,19)12(20-8)18-6-17-9-10(14)15-5-16-11(9)18/h5-8,12,19H,4H2,1-3H3/t7?,8-,12-,13+/m1/s1. The van der Waals surface area contributed by atoms with Gasteiger partial charge in [-0.05, 0) is 13.3 Å². The number of nitrogens with zero attached hydrogens (tertiary/aromatic N) is 4. The average molecular weight is 297 g/mol. The van der Waals surface area contributed by atoms with Crippen molar-refractivity contribution in [2.75, 3.05) is 0 Å². The lowest BCUT2D eigenvalue weighted by molar-refractivity contribution is -0.0833. The Labute approximate surface area is 121 Å². The lowest BCUT2D eigenvalue weighted by Gasteiger charge is -2.28. The maximum absolute atomic E-state index is 10.8. The van der Waals surface area contributed by atoms with Gasteiger partial charge in [0.05, 0.1) is 12.4 Å². The Morgan fingerprint density at radius 3 is 2.85 bits per heavy atom. The molecule has 2 aromatic heterocycles. The van der Waals surface area contributed by atoms with E-state index in [4.69, 9.17) is 16.3 Å². The first kappa shape index (κ1) is 13.7. The summed E-state index contributed by atoms with van der Waals surface area (Å²) in [5.41, 5.74) is 0.0894. The van der Waals surface area contributed by atoms with E-state index >= 15 is 0 Å². The number of aliphatic hydroxyl groups is 1. The molecule has 20 heavy (non-hydrogen) atoms. The Hall–Kier alpha value is -1.24. The molecule has 0 radical (unpaired) electrons. The predicted molar refractivity (Wildman–Crippen MR) is 74.3 cm³/mol. The molecule has 2 aromatic rings. The summed E-state index contributed by atoms with van der Waals surface area (Å²) in [6, 6.07) is 0. The summed E-state index contributed by atoms with van der Waals surface area (Å²) in [5.74, 6) is 0.0206. The summed E-state index contributed by atoms with van der Waals surface area (Å²) in [6.45, 7) is 5.83. The van der Waals surface area contributed by atoms with E-state index in [0.717, 1.165) is 6.42 Å². The average Bonchev–Trinajstić information content (AvgIpc) is 2.92. The zero-order valence-electron chi connectivity index (χ0n) is 11.6. The maximum Gasteiger partial charge on any atom is 0.167 e. The summed E-state index contributed by atoms with van der Waals surface area (Å²) in [5, 5.41) is 11.1. The van der Waals surface area contributed by atoms with Gasteiger partial charge in [0.25, 0.3) is 0 Å². The Morgan fingerprint density at radius 1 is 1.45 bits per heavy atom. The fourth-order valence-corrected chi connectivity index (χ4v) is 2.99. The smallest absolute Gasteiger partial charge is 0.167 e. The first-order chi connectivity index (χ1) is 9.46. The van der Waals surface area contributed by atoms with Crippen molar-refractivity contribution in [3.8, 4) is 0 Å². The van der Waals surface area contributed by atoms with E-state index in [-0.39, 0.29) is 12.0 Å². The van der Waals surface area contributed by atoms with Crippen molar-refractivity contribution in [1.82, 2.24) is 19.5 Å². The highest BCUT2D eigenvalue weighted by Crippen LogP contribution is 2.44. The molecule has 0 amide bonds. The SMILES string of the molecule is CC[C@H]1O[C@@H](n2cnc3c(Cl)ncnc32)[C@@](C)(O)C1C. The Kier molecular flexibility index (Phi) is 3.19. The Bertz CT molecular complexity index is 642. The van der Waals surface area contributed by atoms with Crippen LogP contribution in [0.4, 0.5) is 0 Å². The van der Waals surface area contributed by atoms with Crippen LogP contribution in [0.5, 0.6) is 0 Å². The van der Waals surface area contributed by atoms with Gasteiger partial charge in [-0.2, -0.15) is 0 Å².